The number of fused-ring (bicyclic) bond motifs is 2. The molecule has 0 bridgehead atoms. The van der Waals surface area contributed by atoms with Gasteiger partial charge in [-0.25, -0.2) is 4.98 Å². The van der Waals surface area contributed by atoms with E-state index in [0.717, 1.165) is 34.6 Å². The summed E-state index contributed by atoms with van der Waals surface area (Å²) in [5, 5.41) is 3.73. The number of rotatable bonds is 3. The van der Waals surface area contributed by atoms with Crippen LogP contribution in [0.4, 0.5) is 5.69 Å². The SMILES string of the molecule is CCOc1cc(-c2nc3ccccc3[nH]2)c2c(c1)C(C)CC(C)(C)N2. The molecular formula is C21H25N3O. The first-order chi connectivity index (χ1) is 12.0. The van der Waals surface area contributed by atoms with Gasteiger partial charge in [-0.15, -0.1) is 0 Å². The van der Waals surface area contributed by atoms with Gasteiger partial charge < -0.3 is 15.0 Å². The molecule has 0 saturated carbocycles. The van der Waals surface area contributed by atoms with Crippen LogP contribution in [0.15, 0.2) is 36.4 Å². The molecule has 2 N–H and O–H groups in total. The van der Waals surface area contributed by atoms with Gasteiger partial charge in [0.25, 0.3) is 0 Å². The second kappa shape index (κ2) is 5.80. The first-order valence-electron chi connectivity index (χ1n) is 9.01. The van der Waals surface area contributed by atoms with Crippen molar-refractivity contribution in [3.63, 3.8) is 0 Å². The number of hydrogen-bond donors (Lipinski definition) is 2. The fourth-order valence-electron chi connectivity index (χ4n) is 3.95. The summed E-state index contributed by atoms with van der Waals surface area (Å²) in [6, 6.07) is 12.4. The first kappa shape index (κ1) is 16.0. The standard InChI is InChI=1S/C21H25N3O/c1-5-25-14-10-15-13(2)12-21(3,4)24-19(15)16(11-14)20-22-17-8-6-7-9-18(17)23-20/h6-11,13,24H,5,12H2,1-4H3,(H,22,23). The van der Waals surface area contributed by atoms with Crippen LogP contribution < -0.4 is 10.1 Å². The van der Waals surface area contributed by atoms with E-state index in [0.29, 0.717) is 12.5 Å². The molecule has 2 aromatic carbocycles. The lowest BCUT2D eigenvalue weighted by Gasteiger charge is -2.38. The average molecular weight is 335 g/mol. The van der Waals surface area contributed by atoms with Crippen LogP contribution in [0.3, 0.4) is 0 Å². The molecule has 0 amide bonds. The smallest absolute Gasteiger partial charge is 0.140 e. The number of aromatic amines is 1. The van der Waals surface area contributed by atoms with Gasteiger partial charge in [0, 0.05) is 16.8 Å². The molecule has 0 aliphatic carbocycles. The Bertz CT molecular complexity index is 893. The van der Waals surface area contributed by atoms with Gasteiger partial charge in [-0.1, -0.05) is 19.1 Å². The Morgan fingerprint density at radius 3 is 2.80 bits per heavy atom. The number of nitrogens with one attached hydrogen (secondary N) is 2. The predicted octanol–water partition coefficient (Wildman–Crippen LogP) is 5.33. The Morgan fingerprint density at radius 2 is 2.04 bits per heavy atom. The summed E-state index contributed by atoms with van der Waals surface area (Å²) in [5.74, 6) is 2.26. The highest BCUT2D eigenvalue weighted by Gasteiger charge is 2.32. The first-order valence-corrected chi connectivity index (χ1v) is 9.01. The number of H-pyrrole nitrogens is 1. The fraction of sp³-hybridized carbons (Fsp3) is 0.381. The maximum Gasteiger partial charge on any atom is 0.140 e. The van der Waals surface area contributed by atoms with Gasteiger partial charge in [-0.05, 0) is 62.9 Å². The highest BCUT2D eigenvalue weighted by atomic mass is 16.5. The van der Waals surface area contributed by atoms with Crippen LogP contribution in [0.2, 0.25) is 0 Å². The molecule has 4 heteroatoms. The van der Waals surface area contributed by atoms with Gasteiger partial charge in [0.15, 0.2) is 0 Å². The number of hydrogen-bond acceptors (Lipinski definition) is 3. The summed E-state index contributed by atoms with van der Waals surface area (Å²) >= 11 is 0. The zero-order valence-electron chi connectivity index (χ0n) is 15.3. The van der Waals surface area contributed by atoms with Crippen LogP contribution in [0.5, 0.6) is 5.75 Å². The minimum Gasteiger partial charge on any atom is -0.494 e. The Balaban J connectivity index is 1.93. The summed E-state index contributed by atoms with van der Waals surface area (Å²) in [6.45, 7) is 9.48. The van der Waals surface area contributed by atoms with Crippen molar-refractivity contribution < 1.29 is 4.74 Å². The molecule has 1 aliphatic heterocycles. The summed E-state index contributed by atoms with van der Waals surface area (Å²) in [5.41, 5.74) is 5.65. The fourth-order valence-corrected chi connectivity index (χ4v) is 3.95. The van der Waals surface area contributed by atoms with Crippen molar-refractivity contribution in [1.29, 1.82) is 0 Å². The summed E-state index contributed by atoms with van der Waals surface area (Å²) in [7, 11) is 0. The maximum absolute atomic E-state index is 5.84. The quantitative estimate of drug-likeness (QED) is 0.680. The minimum atomic E-state index is 0.0559. The number of aromatic nitrogens is 2. The molecule has 0 saturated heterocycles. The molecule has 0 fully saturated rings. The van der Waals surface area contributed by atoms with E-state index < -0.39 is 0 Å². The van der Waals surface area contributed by atoms with E-state index in [1.165, 1.54) is 11.3 Å². The molecule has 25 heavy (non-hydrogen) atoms. The molecule has 1 atom stereocenters. The second-order valence-corrected chi connectivity index (χ2v) is 7.58. The highest BCUT2D eigenvalue weighted by molar-refractivity contribution is 5.85. The molecule has 1 aliphatic rings. The van der Waals surface area contributed by atoms with Crippen LogP contribution in [-0.2, 0) is 0 Å². The van der Waals surface area contributed by atoms with Gasteiger partial charge in [0.1, 0.15) is 11.6 Å². The van der Waals surface area contributed by atoms with Crippen molar-refractivity contribution in [2.24, 2.45) is 0 Å². The number of nitrogens with zero attached hydrogens (tertiary/aromatic N) is 1. The number of benzene rings is 2. The minimum absolute atomic E-state index is 0.0559. The van der Waals surface area contributed by atoms with Crippen LogP contribution >= 0.6 is 0 Å². The van der Waals surface area contributed by atoms with E-state index in [9.17, 15) is 0 Å². The van der Waals surface area contributed by atoms with Gasteiger partial charge in [-0.2, -0.15) is 0 Å². The van der Waals surface area contributed by atoms with Crippen molar-refractivity contribution in [1.82, 2.24) is 9.97 Å². The molecule has 1 aromatic heterocycles. The number of ether oxygens (including phenoxy) is 1. The summed E-state index contributed by atoms with van der Waals surface area (Å²) < 4.78 is 5.84. The zero-order chi connectivity index (χ0) is 17.6. The zero-order valence-corrected chi connectivity index (χ0v) is 15.3. The number of para-hydroxylation sites is 2. The Hall–Kier alpha value is -2.49. The van der Waals surface area contributed by atoms with E-state index in [1.54, 1.807) is 0 Å². The molecule has 0 radical (unpaired) electrons. The lowest BCUT2D eigenvalue weighted by molar-refractivity contribution is 0.339. The lowest BCUT2D eigenvalue weighted by atomic mass is 9.80. The maximum atomic E-state index is 5.84. The Labute approximate surface area is 148 Å². The van der Waals surface area contributed by atoms with Crippen molar-refractivity contribution in [3.05, 3.63) is 42.0 Å². The van der Waals surface area contributed by atoms with Crippen molar-refractivity contribution >= 4 is 16.7 Å². The van der Waals surface area contributed by atoms with Gasteiger partial charge in [0.05, 0.1) is 17.6 Å². The third kappa shape index (κ3) is 2.86. The molecule has 1 unspecified atom stereocenters. The van der Waals surface area contributed by atoms with Crippen LogP contribution in [0.25, 0.3) is 22.4 Å². The molecule has 4 rings (SSSR count). The van der Waals surface area contributed by atoms with Crippen molar-refractivity contribution in [2.75, 3.05) is 11.9 Å². The van der Waals surface area contributed by atoms with E-state index in [2.05, 4.69) is 49.3 Å². The summed E-state index contributed by atoms with van der Waals surface area (Å²) in [4.78, 5) is 8.28. The predicted molar refractivity (Wildman–Crippen MR) is 103 cm³/mol. The van der Waals surface area contributed by atoms with Crippen LogP contribution in [0.1, 0.15) is 45.6 Å². The van der Waals surface area contributed by atoms with E-state index in [4.69, 9.17) is 9.72 Å². The summed E-state index contributed by atoms with van der Waals surface area (Å²) in [6.07, 6.45) is 1.09. The van der Waals surface area contributed by atoms with Crippen molar-refractivity contribution in [3.8, 4) is 17.1 Å². The van der Waals surface area contributed by atoms with Crippen molar-refractivity contribution in [2.45, 2.75) is 45.6 Å². The number of anilines is 1. The van der Waals surface area contributed by atoms with Crippen LogP contribution in [-0.4, -0.2) is 22.1 Å². The third-order valence-electron chi connectivity index (χ3n) is 4.91. The van der Waals surface area contributed by atoms with Gasteiger partial charge in [0.2, 0.25) is 0 Å². The monoisotopic (exact) mass is 335 g/mol. The molecule has 0 spiro atoms. The third-order valence-corrected chi connectivity index (χ3v) is 4.91. The molecular weight excluding hydrogens is 310 g/mol. The van der Waals surface area contributed by atoms with E-state index in [-0.39, 0.29) is 5.54 Å². The van der Waals surface area contributed by atoms with Crippen LogP contribution in [0, 0.1) is 0 Å². The van der Waals surface area contributed by atoms with E-state index in [1.807, 2.05) is 25.1 Å². The largest absolute Gasteiger partial charge is 0.494 e. The molecule has 130 valence electrons. The van der Waals surface area contributed by atoms with Gasteiger partial charge in [-0.3, -0.25) is 0 Å². The molecule has 3 aromatic rings. The highest BCUT2D eigenvalue weighted by Crippen LogP contribution is 2.45. The van der Waals surface area contributed by atoms with Gasteiger partial charge >= 0.3 is 0 Å². The molecule has 4 nitrogen and oxygen atoms in total. The topological polar surface area (TPSA) is 49.9 Å². The van der Waals surface area contributed by atoms with E-state index >= 15 is 0 Å². The number of imidazole rings is 1. The normalized spacial score (nSPS) is 18.6. The average Bonchev–Trinajstić information content (AvgIpc) is 2.98. The Morgan fingerprint density at radius 1 is 1.24 bits per heavy atom. The second-order valence-electron chi connectivity index (χ2n) is 7.58. The lowest BCUT2D eigenvalue weighted by Crippen LogP contribution is -2.37. The molecule has 2 heterocycles. The Kier molecular flexibility index (Phi) is 3.71.